The molecule has 0 unspecified atom stereocenters. The van der Waals surface area contributed by atoms with Crippen LogP contribution in [0.2, 0.25) is 0 Å². The van der Waals surface area contributed by atoms with Crippen LogP contribution in [0, 0.1) is 11.8 Å². The quantitative estimate of drug-likeness (QED) is 0.874. The first kappa shape index (κ1) is 15.8. The van der Waals surface area contributed by atoms with Gasteiger partial charge in [0.2, 0.25) is 5.91 Å². The summed E-state index contributed by atoms with van der Waals surface area (Å²) in [6, 6.07) is 5.41. The highest BCUT2D eigenvalue weighted by atomic mass is 16.5. The molecule has 0 bridgehead atoms. The minimum absolute atomic E-state index is 0.0925. The second-order valence-corrected chi connectivity index (χ2v) is 5.86. The standard InChI is InChI=1S/C17H25NO3/c1-3-21-16-9-8-15(10-14(16)11-19)18-17(20)13-6-4-12(2)5-7-13/h8-10,12-13,19H,3-7,11H2,1-2H3,(H,18,20). The summed E-state index contributed by atoms with van der Waals surface area (Å²) in [7, 11) is 0. The summed E-state index contributed by atoms with van der Waals surface area (Å²) >= 11 is 0. The van der Waals surface area contributed by atoms with Crippen LogP contribution in [0.3, 0.4) is 0 Å². The number of aliphatic hydroxyl groups excluding tert-OH is 1. The van der Waals surface area contributed by atoms with Crippen molar-refractivity contribution in [2.45, 2.75) is 46.1 Å². The topological polar surface area (TPSA) is 58.6 Å². The Bertz CT molecular complexity index is 479. The van der Waals surface area contributed by atoms with Crippen molar-refractivity contribution in [2.75, 3.05) is 11.9 Å². The van der Waals surface area contributed by atoms with Gasteiger partial charge in [-0.25, -0.2) is 0 Å². The van der Waals surface area contributed by atoms with E-state index in [4.69, 9.17) is 4.74 Å². The number of carbonyl (C=O) groups excluding carboxylic acids is 1. The summed E-state index contributed by atoms with van der Waals surface area (Å²) in [5.41, 5.74) is 1.43. The van der Waals surface area contributed by atoms with Crippen molar-refractivity contribution in [3.05, 3.63) is 23.8 Å². The van der Waals surface area contributed by atoms with Gasteiger partial charge in [0.05, 0.1) is 13.2 Å². The van der Waals surface area contributed by atoms with Gasteiger partial charge in [0.1, 0.15) is 5.75 Å². The maximum Gasteiger partial charge on any atom is 0.227 e. The first-order valence-corrected chi connectivity index (χ1v) is 7.81. The van der Waals surface area contributed by atoms with Gasteiger partial charge in [-0.2, -0.15) is 0 Å². The van der Waals surface area contributed by atoms with E-state index in [0.29, 0.717) is 17.9 Å². The second-order valence-electron chi connectivity index (χ2n) is 5.86. The molecule has 0 heterocycles. The maximum absolute atomic E-state index is 12.3. The molecule has 2 rings (SSSR count). The number of benzene rings is 1. The van der Waals surface area contributed by atoms with Crippen molar-refractivity contribution in [2.24, 2.45) is 11.8 Å². The summed E-state index contributed by atoms with van der Waals surface area (Å²) in [6.07, 6.45) is 4.19. The van der Waals surface area contributed by atoms with E-state index < -0.39 is 0 Å². The predicted octanol–water partition coefficient (Wildman–Crippen LogP) is 3.34. The van der Waals surface area contributed by atoms with Gasteiger partial charge in [0.25, 0.3) is 0 Å². The Morgan fingerprint density at radius 2 is 2.05 bits per heavy atom. The monoisotopic (exact) mass is 291 g/mol. The number of aliphatic hydroxyl groups is 1. The molecule has 1 saturated carbocycles. The lowest BCUT2D eigenvalue weighted by molar-refractivity contribution is -0.121. The zero-order valence-electron chi connectivity index (χ0n) is 12.9. The third-order valence-corrected chi connectivity index (χ3v) is 4.18. The molecule has 21 heavy (non-hydrogen) atoms. The highest BCUT2D eigenvalue weighted by molar-refractivity contribution is 5.92. The zero-order chi connectivity index (χ0) is 15.2. The first-order chi connectivity index (χ1) is 10.1. The second kappa shape index (κ2) is 7.46. The van der Waals surface area contributed by atoms with Gasteiger partial charge in [0.15, 0.2) is 0 Å². The van der Waals surface area contributed by atoms with E-state index in [2.05, 4.69) is 12.2 Å². The SMILES string of the molecule is CCOc1ccc(NC(=O)C2CCC(C)CC2)cc1CO. The predicted molar refractivity (Wildman–Crippen MR) is 83.3 cm³/mol. The lowest BCUT2D eigenvalue weighted by Gasteiger charge is -2.25. The molecular formula is C17H25NO3. The van der Waals surface area contributed by atoms with E-state index >= 15 is 0 Å². The molecule has 1 aliphatic rings. The van der Waals surface area contributed by atoms with E-state index in [0.717, 1.165) is 37.3 Å². The highest BCUT2D eigenvalue weighted by Gasteiger charge is 2.24. The van der Waals surface area contributed by atoms with E-state index in [-0.39, 0.29) is 18.4 Å². The zero-order valence-corrected chi connectivity index (χ0v) is 12.9. The Morgan fingerprint density at radius 1 is 1.33 bits per heavy atom. The summed E-state index contributed by atoms with van der Waals surface area (Å²) in [4.78, 5) is 12.3. The summed E-state index contributed by atoms with van der Waals surface area (Å²) in [5, 5.41) is 12.4. The molecule has 1 aromatic carbocycles. The lowest BCUT2D eigenvalue weighted by atomic mass is 9.82. The molecule has 0 saturated heterocycles. The average molecular weight is 291 g/mol. The molecule has 0 spiro atoms. The molecule has 116 valence electrons. The Balaban J connectivity index is 2.00. The van der Waals surface area contributed by atoms with Crippen LogP contribution in [0.15, 0.2) is 18.2 Å². The molecule has 0 aromatic heterocycles. The number of rotatable bonds is 5. The highest BCUT2D eigenvalue weighted by Crippen LogP contribution is 2.30. The van der Waals surface area contributed by atoms with Crippen LogP contribution in [0.4, 0.5) is 5.69 Å². The fourth-order valence-corrected chi connectivity index (χ4v) is 2.84. The number of hydrogen-bond acceptors (Lipinski definition) is 3. The smallest absolute Gasteiger partial charge is 0.227 e. The average Bonchev–Trinajstić information content (AvgIpc) is 2.49. The van der Waals surface area contributed by atoms with Crippen LogP contribution in [-0.4, -0.2) is 17.6 Å². The van der Waals surface area contributed by atoms with Gasteiger partial charge in [0, 0.05) is 17.2 Å². The van der Waals surface area contributed by atoms with Crippen molar-refractivity contribution in [1.29, 1.82) is 0 Å². The fourth-order valence-electron chi connectivity index (χ4n) is 2.84. The number of anilines is 1. The third kappa shape index (κ3) is 4.21. The van der Waals surface area contributed by atoms with Crippen molar-refractivity contribution >= 4 is 11.6 Å². The van der Waals surface area contributed by atoms with Gasteiger partial charge in [-0.05, 0) is 56.7 Å². The molecule has 4 nitrogen and oxygen atoms in total. The molecule has 0 radical (unpaired) electrons. The summed E-state index contributed by atoms with van der Waals surface area (Å²) < 4.78 is 5.44. The molecular weight excluding hydrogens is 266 g/mol. The van der Waals surface area contributed by atoms with Gasteiger partial charge in [-0.15, -0.1) is 0 Å². The Labute approximate surface area is 126 Å². The van der Waals surface area contributed by atoms with Crippen molar-refractivity contribution in [3.63, 3.8) is 0 Å². The van der Waals surface area contributed by atoms with Gasteiger partial charge in [-0.3, -0.25) is 4.79 Å². The summed E-state index contributed by atoms with van der Waals surface area (Å²) in [5.74, 6) is 1.62. The van der Waals surface area contributed by atoms with Crippen LogP contribution in [-0.2, 0) is 11.4 Å². The number of hydrogen-bond donors (Lipinski definition) is 2. The minimum atomic E-state index is -0.0972. The third-order valence-electron chi connectivity index (χ3n) is 4.18. The molecule has 1 aromatic rings. The number of ether oxygens (including phenoxy) is 1. The van der Waals surface area contributed by atoms with Crippen molar-refractivity contribution < 1.29 is 14.6 Å². The molecule has 0 atom stereocenters. The molecule has 4 heteroatoms. The van der Waals surface area contributed by atoms with Gasteiger partial charge in [-0.1, -0.05) is 6.92 Å². The van der Waals surface area contributed by atoms with E-state index in [1.54, 1.807) is 12.1 Å². The van der Waals surface area contributed by atoms with Gasteiger partial charge >= 0.3 is 0 Å². The van der Waals surface area contributed by atoms with E-state index in [9.17, 15) is 9.90 Å². The van der Waals surface area contributed by atoms with Crippen LogP contribution < -0.4 is 10.1 Å². The Hall–Kier alpha value is -1.55. The first-order valence-electron chi connectivity index (χ1n) is 7.81. The molecule has 1 fully saturated rings. The number of carbonyl (C=O) groups is 1. The van der Waals surface area contributed by atoms with Crippen molar-refractivity contribution in [1.82, 2.24) is 0 Å². The lowest BCUT2D eigenvalue weighted by Crippen LogP contribution is -2.26. The normalized spacial score (nSPS) is 21.9. The largest absolute Gasteiger partial charge is 0.494 e. The van der Waals surface area contributed by atoms with Crippen molar-refractivity contribution in [3.8, 4) is 5.75 Å². The van der Waals surface area contributed by atoms with Crippen LogP contribution in [0.5, 0.6) is 5.75 Å². The molecule has 1 aliphatic carbocycles. The molecule has 1 amide bonds. The number of nitrogens with one attached hydrogen (secondary N) is 1. The van der Waals surface area contributed by atoms with E-state index in [1.807, 2.05) is 13.0 Å². The van der Waals surface area contributed by atoms with Crippen LogP contribution >= 0.6 is 0 Å². The Morgan fingerprint density at radius 3 is 2.67 bits per heavy atom. The maximum atomic E-state index is 12.3. The minimum Gasteiger partial charge on any atom is -0.494 e. The van der Waals surface area contributed by atoms with Gasteiger partial charge < -0.3 is 15.2 Å². The Kier molecular flexibility index (Phi) is 5.62. The number of amides is 1. The van der Waals surface area contributed by atoms with Crippen LogP contribution in [0.25, 0.3) is 0 Å². The fraction of sp³-hybridized carbons (Fsp3) is 0.588. The molecule has 0 aliphatic heterocycles. The summed E-state index contributed by atoms with van der Waals surface area (Å²) in [6.45, 7) is 4.61. The van der Waals surface area contributed by atoms with E-state index in [1.165, 1.54) is 0 Å². The molecule has 2 N–H and O–H groups in total. The van der Waals surface area contributed by atoms with Crippen LogP contribution in [0.1, 0.15) is 45.1 Å².